The van der Waals surface area contributed by atoms with Crippen molar-refractivity contribution in [2.24, 2.45) is 5.92 Å². The molecule has 0 saturated carbocycles. The highest BCUT2D eigenvalue weighted by Gasteiger charge is 2.54. The Morgan fingerprint density at radius 3 is 1.94 bits per heavy atom. The molecule has 5 nitrogen and oxygen atoms in total. The van der Waals surface area contributed by atoms with Gasteiger partial charge in [-0.2, -0.15) is 0 Å². The molecule has 1 heterocycles. The largest absolute Gasteiger partial charge is 0.447 e. The molecule has 1 amide bonds. The molecule has 33 heavy (non-hydrogen) atoms. The van der Waals surface area contributed by atoms with Gasteiger partial charge in [0.15, 0.2) is 0 Å². The first-order chi connectivity index (χ1) is 16.0. The maximum absolute atomic E-state index is 14.8. The van der Waals surface area contributed by atoms with Gasteiger partial charge in [-0.05, 0) is 11.5 Å². The van der Waals surface area contributed by atoms with E-state index in [9.17, 15) is 9.36 Å². The number of amides is 1. The van der Waals surface area contributed by atoms with Gasteiger partial charge in [0.25, 0.3) is 0 Å². The van der Waals surface area contributed by atoms with Crippen LogP contribution in [0.1, 0.15) is 19.4 Å². The van der Waals surface area contributed by atoms with Crippen LogP contribution in [0.5, 0.6) is 0 Å². The number of carbonyl (C=O) groups excluding carboxylic acids is 1. The van der Waals surface area contributed by atoms with E-state index in [1.807, 2.05) is 91.0 Å². The van der Waals surface area contributed by atoms with E-state index in [1.165, 1.54) is 0 Å². The zero-order valence-electron chi connectivity index (χ0n) is 19.0. The smallest absolute Gasteiger partial charge is 0.407 e. The lowest BCUT2D eigenvalue weighted by Gasteiger charge is -2.30. The fraction of sp³-hybridized carbons (Fsp3) is 0.296. The van der Waals surface area contributed by atoms with Crippen molar-refractivity contribution in [2.75, 3.05) is 6.61 Å². The molecule has 0 bridgehead atoms. The predicted octanol–water partition coefficient (Wildman–Crippen LogP) is 4.72. The third kappa shape index (κ3) is 5.38. The Bertz CT molecular complexity index is 1050. The van der Waals surface area contributed by atoms with Crippen LogP contribution in [0.2, 0.25) is 0 Å². The van der Waals surface area contributed by atoms with Crippen LogP contribution in [0.3, 0.4) is 0 Å². The highest BCUT2D eigenvalue weighted by molar-refractivity contribution is 7.79. The molecule has 1 aliphatic rings. The minimum atomic E-state index is -3.00. The average molecular weight is 464 g/mol. The minimum Gasteiger partial charge on any atom is -0.447 e. The molecule has 0 aromatic heterocycles. The van der Waals surface area contributed by atoms with Crippen LogP contribution in [-0.2, 0) is 20.6 Å². The lowest BCUT2D eigenvalue weighted by molar-refractivity contribution is 0.135. The lowest BCUT2D eigenvalue weighted by atomic mass is 10.1. The van der Waals surface area contributed by atoms with E-state index in [2.05, 4.69) is 19.2 Å². The normalized spacial score (nSPS) is 18.5. The highest BCUT2D eigenvalue weighted by Crippen LogP contribution is 2.56. The summed E-state index contributed by atoms with van der Waals surface area (Å²) in [6, 6.07) is 29.0. The number of epoxide rings is 1. The first kappa shape index (κ1) is 23.3. The zero-order chi connectivity index (χ0) is 23.3. The third-order valence-corrected chi connectivity index (χ3v) is 9.86. The zero-order valence-corrected chi connectivity index (χ0v) is 19.9. The summed E-state index contributed by atoms with van der Waals surface area (Å²) in [7, 11) is -3.00. The second-order valence-corrected chi connectivity index (χ2v) is 11.6. The molecular formula is C27H30NO4P. The van der Waals surface area contributed by atoms with Gasteiger partial charge < -0.3 is 19.4 Å². The van der Waals surface area contributed by atoms with E-state index in [0.717, 1.165) is 16.2 Å². The molecule has 0 unspecified atom stereocenters. The molecule has 3 atom stereocenters. The molecule has 1 N–H and O–H groups in total. The number of rotatable bonds is 9. The molecule has 1 saturated heterocycles. The first-order valence-electron chi connectivity index (χ1n) is 11.3. The van der Waals surface area contributed by atoms with Crippen molar-refractivity contribution < 1.29 is 18.8 Å². The van der Waals surface area contributed by atoms with Crippen molar-refractivity contribution in [3.05, 3.63) is 96.6 Å². The van der Waals surface area contributed by atoms with Crippen LogP contribution < -0.4 is 15.9 Å². The maximum Gasteiger partial charge on any atom is 0.407 e. The summed E-state index contributed by atoms with van der Waals surface area (Å²) >= 11 is 0. The molecule has 1 aliphatic heterocycles. The van der Waals surface area contributed by atoms with Crippen LogP contribution in [-0.4, -0.2) is 30.6 Å². The van der Waals surface area contributed by atoms with Crippen LogP contribution >= 0.6 is 7.14 Å². The SMILES string of the molecule is CC(C)[C@H]([C@H]1O[C@@H]1COC(=O)NCc1ccccc1)P(=O)(c1ccccc1)c1ccccc1. The van der Waals surface area contributed by atoms with Crippen LogP contribution in [0.25, 0.3) is 0 Å². The summed E-state index contributed by atoms with van der Waals surface area (Å²) in [6.07, 6.45) is -0.984. The number of nitrogens with one attached hydrogen (secondary N) is 1. The van der Waals surface area contributed by atoms with Crippen LogP contribution in [0, 0.1) is 5.92 Å². The Labute approximate surface area is 195 Å². The molecule has 1 fully saturated rings. The highest BCUT2D eigenvalue weighted by atomic mass is 31.2. The number of alkyl carbamates (subject to hydrolysis) is 1. The summed E-state index contributed by atoms with van der Waals surface area (Å²) in [6.45, 7) is 4.70. The van der Waals surface area contributed by atoms with Crippen molar-refractivity contribution in [1.82, 2.24) is 5.32 Å². The van der Waals surface area contributed by atoms with Crippen molar-refractivity contribution in [3.8, 4) is 0 Å². The van der Waals surface area contributed by atoms with E-state index < -0.39 is 13.2 Å². The quantitative estimate of drug-likeness (QED) is 0.368. The van der Waals surface area contributed by atoms with Gasteiger partial charge in [0.1, 0.15) is 19.9 Å². The topological polar surface area (TPSA) is 67.9 Å². The number of hydrogen-bond donors (Lipinski definition) is 1. The molecular weight excluding hydrogens is 433 g/mol. The number of ether oxygens (including phenoxy) is 2. The van der Waals surface area contributed by atoms with Crippen molar-refractivity contribution >= 4 is 23.8 Å². The molecule has 0 aliphatic carbocycles. The molecule has 4 rings (SSSR count). The summed E-state index contributed by atoms with van der Waals surface area (Å²) in [5.41, 5.74) is 0.782. The van der Waals surface area contributed by atoms with Gasteiger partial charge >= 0.3 is 6.09 Å². The monoisotopic (exact) mass is 463 g/mol. The van der Waals surface area contributed by atoms with E-state index in [4.69, 9.17) is 9.47 Å². The Morgan fingerprint density at radius 2 is 1.42 bits per heavy atom. The molecule has 3 aromatic rings. The average Bonchev–Trinajstić information content (AvgIpc) is 3.61. The van der Waals surface area contributed by atoms with Gasteiger partial charge in [0.2, 0.25) is 0 Å². The molecule has 172 valence electrons. The Balaban J connectivity index is 1.46. The van der Waals surface area contributed by atoms with Crippen LogP contribution in [0.4, 0.5) is 4.79 Å². The number of hydrogen-bond acceptors (Lipinski definition) is 4. The van der Waals surface area contributed by atoms with Gasteiger partial charge in [-0.15, -0.1) is 0 Å². The third-order valence-electron chi connectivity index (χ3n) is 6.00. The molecule has 3 aromatic carbocycles. The second kappa shape index (κ2) is 10.4. The van der Waals surface area contributed by atoms with Gasteiger partial charge in [0, 0.05) is 17.2 Å². The van der Waals surface area contributed by atoms with E-state index >= 15 is 0 Å². The van der Waals surface area contributed by atoms with Gasteiger partial charge in [-0.1, -0.05) is 105 Å². The van der Waals surface area contributed by atoms with Crippen molar-refractivity contribution in [3.63, 3.8) is 0 Å². The van der Waals surface area contributed by atoms with Gasteiger partial charge in [0.05, 0.1) is 11.8 Å². The van der Waals surface area contributed by atoms with E-state index in [1.54, 1.807) is 0 Å². The van der Waals surface area contributed by atoms with Crippen molar-refractivity contribution in [1.29, 1.82) is 0 Å². The lowest BCUT2D eigenvalue weighted by Crippen LogP contribution is -2.35. The molecule has 0 radical (unpaired) electrons. The molecule has 6 heteroatoms. The van der Waals surface area contributed by atoms with Gasteiger partial charge in [-0.25, -0.2) is 4.79 Å². The predicted molar refractivity (Wildman–Crippen MR) is 132 cm³/mol. The summed E-state index contributed by atoms with van der Waals surface area (Å²) in [4.78, 5) is 12.2. The van der Waals surface area contributed by atoms with Crippen molar-refractivity contribution in [2.45, 2.75) is 38.3 Å². The minimum absolute atomic E-state index is 0.109. The maximum atomic E-state index is 14.8. The summed E-state index contributed by atoms with van der Waals surface area (Å²) < 4.78 is 26.2. The molecule has 0 spiro atoms. The standard InChI is InChI=1S/C27H30NO4P/c1-20(2)26(33(30,22-14-8-4-9-15-22)23-16-10-5-11-17-23)25-24(32-25)19-31-27(29)28-18-21-12-6-3-7-13-21/h3-17,20,24-26H,18-19H2,1-2H3,(H,28,29)/t24-,25+,26-/m1/s1. The van der Waals surface area contributed by atoms with E-state index in [-0.39, 0.29) is 30.4 Å². The van der Waals surface area contributed by atoms with Crippen LogP contribution in [0.15, 0.2) is 91.0 Å². The summed E-state index contributed by atoms with van der Waals surface area (Å²) in [5.74, 6) is 0.109. The summed E-state index contributed by atoms with van der Waals surface area (Å²) in [5, 5.41) is 4.41. The fourth-order valence-electron chi connectivity index (χ4n) is 4.37. The fourth-order valence-corrected chi connectivity index (χ4v) is 8.10. The Hall–Kier alpha value is -2.88. The Morgan fingerprint density at radius 1 is 0.909 bits per heavy atom. The number of benzene rings is 3. The second-order valence-electron chi connectivity index (χ2n) is 8.64. The number of carbonyl (C=O) groups is 1. The first-order valence-corrected chi connectivity index (χ1v) is 13.1. The van der Waals surface area contributed by atoms with E-state index in [0.29, 0.717) is 6.54 Å². The van der Waals surface area contributed by atoms with Gasteiger partial charge in [-0.3, -0.25) is 0 Å². The Kier molecular flexibility index (Phi) is 7.32.